The number of carbonyl (C=O) groups is 2. The van der Waals surface area contributed by atoms with E-state index in [2.05, 4.69) is 10.6 Å². The van der Waals surface area contributed by atoms with Crippen molar-refractivity contribution in [2.45, 2.75) is 24.7 Å². The van der Waals surface area contributed by atoms with Crippen LogP contribution in [0.3, 0.4) is 0 Å². The van der Waals surface area contributed by atoms with Crippen molar-refractivity contribution in [2.24, 2.45) is 5.73 Å². The Bertz CT molecular complexity index is 665. The molecule has 1 aromatic rings. The maximum atomic E-state index is 12.4. The maximum absolute atomic E-state index is 12.4. The van der Waals surface area contributed by atoms with Gasteiger partial charge in [0.1, 0.15) is 0 Å². The summed E-state index contributed by atoms with van der Waals surface area (Å²) in [6.07, 6.45) is 1.55. The highest BCUT2D eigenvalue weighted by Crippen LogP contribution is 2.17. The summed E-state index contributed by atoms with van der Waals surface area (Å²) in [5, 5.41) is 5.21. The highest BCUT2D eigenvalue weighted by Gasteiger charge is 2.22. The first-order chi connectivity index (χ1) is 11.3. The number of anilines is 1. The Kier molecular flexibility index (Phi) is 10.3. The summed E-state index contributed by atoms with van der Waals surface area (Å²) in [4.78, 5) is 22.8. The number of unbranched alkanes of at least 4 members (excludes halogenated alkanes) is 1. The maximum Gasteiger partial charge on any atom is 0.243 e. The molecule has 0 atom stereocenters. The van der Waals surface area contributed by atoms with Gasteiger partial charge in [-0.2, -0.15) is 4.31 Å². The summed E-state index contributed by atoms with van der Waals surface area (Å²) in [6, 6.07) is 5.76. The molecule has 1 rings (SSSR count). The Morgan fingerprint density at radius 2 is 1.76 bits per heavy atom. The average molecular weight is 393 g/mol. The van der Waals surface area contributed by atoms with Crippen LogP contribution in [0.2, 0.25) is 0 Å². The molecule has 0 aliphatic carbocycles. The van der Waals surface area contributed by atoms with Crippen LogP contribution >= 0.6 is 12.4 Å². The van der Waals surface area contributed by atoms with Crippen LogP contribution in [0.15, 0.2) is 29.2 Å². The second-order valence-electron chi connectivity index (χ2n) is 5.31. The van der Waals surface area contributed by atoms with E-state index in [1.54, 1.807) is 0 Å². The van der Waals surface area contributed by atoms with Crippen molar-refractivity contribution in [1.29, 1.82) is 0 Å². The second kappa shape index (κ2) is 11.0. The third kappa shape index (κ3) is 7.82. The molecule has 0 aromatic heterocycles. The van der Waals surface area contributed by atoms with Crippen molar-refractivity contribution in [1.82, 2.24) is 9.62 Å². The fourth-order valence-corrected chi connectivity index (χ4v) is 3.06. The SMILES string of the molecule is CC(=O)Nc1ccc(S(=O)(=O)N(C)CC(=O)NCCCCN)cc1.Cl. The van der Waals surface area contributed by atoms with Crippen molar-refractivity contribution in [3.8, 4) is 0 Å². The molecule has 8 nitrogen and oxygen atoms in total. The van der Waals surface area contributed by atoms with Crippen molar-refractivity contribution < 1.29 is 18.0 Å². The number of rotatable bonds is 9. The van der Waals surface area contributed by atoms with Gasteiger partial charge in [-0.1, -0.05) is 0 Å². The third-order valence-electron chi connectivity index (χ3n) is 3.20. The second-order valence-corrected chi connectivity index (χ2v) is 7.36. The summed E-state index contributed by atoms with van der Waals surface area (Å²) in [7, 11) is -2.43. The lowest BCUT2D eigenvalue weighted by Crippen LogP contribution is -2.38. The number of sulfonamides is 1. The quantitative estimate of drug-likeness (QED) is 0.529. The lowest BCUT2D eigenvalue weighted by atomic mass is 10.3. The van der Waals surface area contributed by atoms with Gasteiger partial charge in [-0.05, 0) is 43.7 Å². The van der Waals surface area contributed by atoms with Crippen LogP contribution in [-0.2, 0) is 19.6 Å². The molecule has 0 heterocycles. The van der Waals surface area contributed by atoms with Gasteiger partial charge in [0.05, 0.1) is 11.4 Å². The van der Waals surface area contributed by atoms with E-state index in [1.807, 2.05) is 0 Å². The number of halogens is 1. The Morgan fingerprint density at radius 3 is 2.28 bits per heavy atom. The number of amides is 2. The minimum absolute atomic E-state index is 0. The van der Waals surface area contributed by atoms with Crippen molar-refractivity contribution >= 4 is 39.9 Å². The first-order valence-corrected chi connectivity index (χ1v) is 9.02. The Balaban J connectivity index is 0.00000576. The monoisotopic (exact) mass is 392 g/mol. The van der Waals surface area contributed by atoms with Crippen LogP contribution < -0.4 is 16.4 Å². The van der Waals surface area contributed by atoms with E-state index in [0.717, 1.165) is 17.1 Å². The number of nitrogens with one attached hydrogen (secondary N) is 2. The molecule has 0 aliphatic heterocycles. The minimum Gasteiger partial charge on any atom is -0.355 e. The zero-order chi connectivity index (χ0) is 18.2. The Labute approximate surface area is 154 Å². The van der Waals surface area contributed by atoms with Gasteiger partial charge in [0, 0.05) is 26.2 Å². The highest BCUT2D eigenvalue weighted by atomic mass is 35.5. The third-order valence-corrected chi connectivity index (χ3v) is 5.02. The van der Waals surface area contributed by atoms with Gasteiger partial charge >= 0.3 is 0 Å². The summed E-state index contributed by atoms with van der Waals surface area (Å²) >= 11 is 0. The smallest absolute Gasteiger partial charge is 0.243 e. The van der Waals surface area contributed by atoms with Gasteiger partial charge < -0.3 is 16.4 Å². The van der Waals surface area contributed by atoms with E-state index >= 15 is 0 Å². The molecule has 0 unspecified atom stereocenters. The summed E-state index contributed by atoms with van der Waals surface area (Å²) in [6.45, 7) is 2.12. The van der Waals surface area contributed by atoms with Crippen molar-refractivity contribution in [3.63, 3.8) is 0 Å². The van der Waals surface area contributed by atoms with Gasteiger partial charge in [0.15, 0.2) is 0 Å². The highest BCUT2D eigenvalue weighted by molar-refractivity contribution is 7.89. The molecule has 25 heavy (non-hydrogen) atoms. The zero-order valence-electron chi connectivity index (χ0n) is 14.3. The normalized spacial score (nSPS) is 10.9. The summed E-state index contributed by atoms with van der Waals surface area (Å²) < 4.78 is 25.8. The number of hydrogen-bond acceptors (Lipinski definition) is 5. The van der Waals surface area contributed by atoms with Crippen LogP contribution in [0.4, 0.5) is 5.69 Å². The van der Waals surface area contributed by atoms with Crippen LogP contribution in [0, 0.1) is 0 Å². The lowest BCUT2D eigenvalue weighted by Gasteiger charge is -2.17. The van der Waals surface area contributed by atoms with Gasteiger partial charge in [-0.25, -0.2) is 8.42 Å². The fourth-order valence-electron chi connectivity index (χ4n) is 1.93. The van der Waals surface area contributed by atoms with E-state index in [4.69, 9.17) is 5.73 Å². The lowest BCUT2D eigenvalue weighted by molar-refractivity contribution is -0.121. The molecule has 0 spiro atoms. The number of likely N-dealkylation sites (N-methyl/N-ethyl adjacent to an activating group) is 1. The molecule has 0 saturated heterocycles. The fraction of sp³-hybridized carbons (Fsp3) is 0.467. The van der Waals surface area contributed by atoms with Crippen LogP contribution in [0.25, 0.3) is 0 Å². The van der Waals surface area contributed by atoms with Crippen LogP contribution in [0.1, 0.15) is 19.8 Å². The molecule has 0 fully saturated rings. The Morgan fingerprint density at radius 1 is 1.16 bits per heavy atom. The molecular formula is C15H25ClN4O4S. The van der Waals surface area contributed by atoms with Gasteiger partial charge in [-0.3, -0.25) is 9.59 Å². The molecule has 1 aromatic carbocycles. The standard InChI is InChI=1S/C15H24N4O4S.ClH/c1-12(20)18-13-5-7-14(8-6-13)24(22,23)19(2)11-15(21)17-10-4-3-9-16;/h5-8H,3-4,9-11,16H2,1-2H3,(H,17,21)(H,18,20);1H. The number of nitrogens with zero attached hydrogens (tertiary/aromatic N) is 1. The number of carbonyl (C=O) groups excluding carboxylic acids is 2. The molecule has 142 valence electrons. The minimum atomic E-state index is -3.77. The van der Waals surface area contributed by atoms with E-state index in [-0.39, 0.29) is 35.7 Å². The predicted octanol–water partition coefficient (Wildman–Crippen LogP) is 0.542. The number of hydrogen-bond donors (Lipinski definition) is 3. The number of benzene rings is 1. The van der Waals surface area contributed by atoms with E-state index in [9.17, 15) is 18.0 Å². The topological polar surface area (TPSA) is 122 Å². The molecule has 0 aliphatic rings. The molecule has 4 N–H and O–H groups in total. The summed E-state index contributed by atoms with van der Waals surface area (Å²) in [5.74, 6) is -0.609. The van der Waals surface area contributed by atoms with Gasteiger partial charge in [0.25, 0.3) is 0 Å². The van der Waals surface area contributed by atoms with Crippen molar-refractivity contribution in [2.75, 3.05) is 32.0 Å². The van der Waals surface area contributed by atoms with Crippen LogP contribution in [-0.4, -0.2) is 51.2 Å². The van der Waals surface area contributed by atoms with E-state index in [0.29, 0.717) is 18.8 Å². The van der Waals surface area contributed by atoms with E-state index in [1.165, 1.54) is 38.2 Å². The average Bonchev–Trinajstić information content (AvgIpc) is 2.51. The van der Waals surface area contributed by atoms with Crippen LogP contribution in [0.5, 0.6) is 0 Å². The molecular weight excluding hydrogens is 368 g/mol. The van der Waals surface area contributed by atoms with Gasteiger partial charge in [0.2, 0.25) is 21.8 Å². The molecule has 10 heteroatoms. The molecule has 2 amide bonds. The zero-order valence-corrected chi connectivity index (χ0v) is 16.0. The Hall–Kier alpha value is -1.68. The van der Waals surface area contributed by atoms with E-state index < -0.39 is 10.0 Å². The molecule has 0 saturated carbocycles. The largest absolute Gasteiger partial charge is 0.355 e. The first kappa shape index (κ1) is 23.3. The summed E-state index contributed by atoms with van der Waals surface area (Å²) in [5.41, 5.74) is 5.86. The van der Waals surface area contributed by atoms with Crippen molar-refractivity contribution in [3.05, 3.63) is 24.3 Å². The number of nitrogens with two attached hydrogens (primary N) is 1. The molecule has 0 radical (unpaired) electrons. The van der Waals surface area contributed by atoms with Gasteiger partial charge in [-0.15, -0.1) is 12.4 Å². The predicted molar refractivity (Wildman–Crippen MR) is 99.1 cm³/mol. The molecule has 0 bridgehead atoms. The first-order valence-electron chi connectivity index (χ1n) is 7.58.